The Hall–Kier alpha value is -4.31. The van der Waals surface area contributed by atoms with Crippen LogP contribution in [0.15, 0.2) is 91.1 Å². The summed E-state index contributed by atoms with van der Waals surface area (Å²) in [5, 5.41) is 10.7. The third kappa shape index (κ3) is 7.24. The number of benzene rings is 4. The van der Waals surface area contributed by atoms with Gasteiger partial charge in [0.2, 0.25) is 10.0 Å². The van der Waals surface area contributed by atoms with Gasteiger partial charge in [0.15, 0.2) is 0 Å². The first-order valence-corrected chi connectivity index (χ1v) is 16.2. The number of carbonyl (C=O) groups is 1. The standard InChI is InChI=1S/C33H29Cl2N3O5S/c1-3-38-20-31(27-15-11-24(34)18-29(27)35)36-32(38)17-21-5-7-22(8-6-21)23-9-12-25(13-10-23)43-26-14-16-30(28(19-26)33(39)40)37-44(41,42)4-2/h5-16,18-20,37H,3-4,17H2,1-2H3,(H,39,40). The van der Waals surface area contributed by atoms with E-state index in [1.54, 1.807) is 24.3 Å². The van der Waals surface area contributed by atoms with Crippen molar-refractivity contribution in [3.63, 3.8) is 0 Å². The molecule has 0 aliphatic rings. The van der Waals surface area contributed by atoms with E-state index in [1.165, 1.54) is 25.1 Å². The van der Waals surface area contributed by atoms with Crippen LogP contribution in [-0.4, -0.2) is 34.8 Å². The van der Waals surface area contributed by atoms with Crippen LogP contribution in [0.1, 0.15) is 35.6 Å². The second-order valence-corrected chi connectivity index (χ2v) is 12.8. The summed E-state index contributed by atoms with van der Waals surface area (Å²) in [6.45, 7) is 4.32. The molecule has 0 saturated carbocycles. The Balaban J connectivity index is 1.28. The summed E-state index contributed by atoms with van der Waals surface area (Å²) in [7, 11) is -3.63. The lowest BCUT2D eigenvalue weighted by Crippen LogP contribution is -2.17. The number of hydrogen-bond donors (Lipinski definition) is 2. The van der Waals surface area contributed by atoms with E-state index in [-0.39, 0.29) is 22.8 Å². The van der Waals surface area contributed by atoms with E-state index in [0.29, 0.717) is 22.2 Å². The molecule has 0 atom stereocenters. The monoisotopic (exact) mass is 649 g/mol. The van der Waals surface area contributed by atoms with Gasteiger partial charge in [-0.3, -0.25) is 4.72 Å². The molecule has 11 heteroatoms. The zero-order valence-corrected chi connectivity index (χ0v) is 26.2. The van der Waals surface area contributed by atoms with Gasteiger partial charge < -0.3 is 14.4 Å². The summed E-state index contributed by atoms with van der Waals surface area (Å²) >= 11 is 12.5. The molecule has 0 saturated heterocycles. The summed E-state index contributed by atoms with van der Waals surface area (Å²) in [4.78, 5) is 16.6. The van der Waals surface area contributed by atoms with Crippen molar-refractivity contribution < 1.29 is 23.1 Å². The molecule has 8 nitrogen and oxygen atoms in total. The number of aryl methyl sites for hydroxylation is 1. The van der Waals surface area contributed by atoms with Gasteiger partial charge in [0.1, 0.15) is 17.3 Å². The number of nitrogens with one attached hydrogen (secondary N) is 1. The van der Waals surface area contributed by atoms with E-state index in [0.717, 1.165) is 40.3 Å². The molecule has 4 aromatic carbocycles. The number of carboxylic acids is 1. The average molecular weight is 651 g/mol. The molecule has 1 heterocycles. The molecule has 2 N–H and O–H groups in total. The second kappa shape index (κ2) is 13.1. The van der Waals surface area contributed by atoms with E-state index in [9.17, 15) is 18.3 Å². The molecule has 226 valence electrons. The topological polar surface area (TPSA) is 111 Å². The van der Waals surface area contributed by atoms with Gasteiger partial charge in [0.25, 0.3) is 0 Å². The quantitative estimate of drug-likeness (QED) is 0.149. The first-order valence-electron chi connectivity index (χ1n) is 13.8. The lowest BCUT2D eigenvalue weighted by atomic mass is 10.0. The number of aromatic nitrogens is 2. The molecule has 1 aromatic heterocycles. The van der Waals surface area contributed by atoms with Gasteiger partial charge in [-0.2, -0.15) is 0 Å². The first-order chi connectivity index (χ1) is 21.0. The number of rotatable bonds is 11. The minimum absolute atomic E-state index is 0.0180. The molecule has 0 unspecified atom stereocenters. The predicted octanol–water partition coefficient (Wildman–Crippen LogP) is 8.39. The molecule has 0 fully saturated rings. The van der Waals surface area contributed by atoms with Crippen LogP contribution in [0.5, 0.6) is 11.5 Å². The Labute approximate surface area is 265 Å². The highest BCUT2D eigenvalue weighted by Crippen LogP contribution is 2.32. The summed E-state index contributed by atoms with van der Waals surface area (Å²) in [6, 6.07) is 25.3. The number of ether oxygens (including phenoxy) is 1. The zero-order valence-electron chi connectivity index (χ0n) is 23.9. The van der Waals surface area contributed by atoms with Gasteiger partial charge in [0.05, 0.1) is 27.7 Å². The molecule has 0 spiro atoms. The Morgan fingerprint density at radius 1 is 0.909 bits per heavy atom. The Bertz CT molecular complexity index is 1920. The summed E-state index contributed by atoms with van der Waals surface area (Å²) in [6.07, 6.45) is 2.66. The fourth-order valence-electron chi connectivity index (χ4n) is 4.64. The lowest BCUT2D eigenvalue weighted by Gasteiger charge is -2.12. The normalized spacial score (nSPS) is 11.4. The number of imidazole rings is 1. The predicted molar refractivity (Wildman–Crippen MR) is 175 cm³/mol. The van der Waals surface area contributed by atoms with Crippen molar-refractivity contribution in [2.24, 2.45) is 0 Å². The Morgan fingerprint density at radius 2 is 1.57 bits per heavy atom. The number of halogens is 2. The average Bonchev–Trinajstić information content (AvgIpc) is 3.40. The number of anilines is 1. The van der Waals surface area contributed by atoms with Crippen LogP contribution in [0.3, 0.4) is 0 Å². The smallest absolute Gasteiger partial charge is 0.337 e. The van der Waals surface area contributed by atoms with E-state index in [4.69, 9.17) is 32.9 Å². The maximum Gasteiger partial charge on any atom is 0.337 e. The van der Waals surface area contributed by atoms with Crippen molar-refractivity contribution in [1.82, 2.24) is 9.55 Å². The number of sulfonamides is 1. The van der Waals surface area contributed by atoms with Gasteiger partial charge in [-0.1, -0.05) is 59.6 Å². The molecular formula is C33H29Cl2N3O5S. The van der Waals surface area contributed by atoms with Crippen LogP contribution < -0.4 is 9.46 Å². The van der Waals surface area contributed by atoms with Crippen LogP contribution in [0, 0.1) is 0 Å². The Kier molecular flexibility index (Phi) is 9.29. The number of nitrogens with zero attached hydrogens (tertiary/aromatic N) is 2. The fraction of sp³-hybridized carbons (Fsp3) is 0.152. The van der Waals surface area contributed by atoms with Gasteiger partial charge in [0, 0.05) is 29.7 Å². The number of hydrogen-bond acceptors (Lipinski definition) is 5. The maximum atomic E-state index is 11.9. The van der Waals surface area contributed by atoms with Crippen molar-refractivity contribution in [2.75, 3.05) is 10.5 Å². The van der Waals surface area contributed by atoms with Gasteiger partial charge in [-0.25, -0.2) is 18.2 Å². The molecule has 0 bridgehead atoms. The van der Waals surface area contributed by atoms with E-state index >= 15 is 0 Å². The van der Waals surface area contributed by atoms with Gasteiger partial charge >= 0.3 is 5.97 Å². The zero-order chi connectivity index (χ0) is 31.4. The van der Waals surface area contributed by atoms with Crippen LogP contribution in [0.25, 0.3) is 22.4 Å². The minimum atomic E-state index is -3.63. The van der Waals surface area contributed by atoms with E-state index in [2.05, 4.69) is 40.5 Å². The van der Waals surface area contributed by atoms with Crippen LogP contribution >= 0.6 is 23.2 Å². The van der Waals surface area contributed by atoms with Gasteiger partial charge in [-0.05, 0) is 79.1 Å². The van der Waals surface area contributed by atoms with Crippen molar-refractivity contribution in [3.05, 3.63) is 118 Å². The Morgan fingerprint density at radius 3 is 2.18 bits per heavy atom. The largest absolute Gasteiger partial charge is 0.478 e. The van der Waals surface area contributed by atoms with Crippen molar-refractivity contribution in [2.45, 2.75) is 26.8 Å². The summed E-state index contributed by atoms with van der Waals surface area (Å²) < 4.78 is 34.1. The molecule has 44 heavy (non-hydrogen) atoms. The second-order valence-electron chi connectivity index (χ2n) is 9.97. The highest BCUT2D eigenvalue weighted by Gasteiger charge is 2.17. The fourth-order valence-corrected chi connectivity index (χ4v) is 5.80. The number of carboxylic acid groups (broad SMARTS) is 1. The highest BCUT2D eigenvalue weighted by atomic mass is 35.5. The minimum Gasteiger partial charge on any atom is -0.478 e. The van der Waals surface area contributed by atoms with Crippen LogP contribution in [-0.2, 0) is 23.0 Å². The van der Waals surface area contributed by atoms with Crippen LogP contribution in [0.4, 0.5) is 5.69 Å². The summed E-state index contributed by atoms with van der Waals surface area (Å²) in [5.41, 5.74) is 4.53. The van der Waals surface area contributed by atoms with Crippen molar-refractivity contribution in [1.29, 1.82) is 0 Å². The van der Waals surface area contributed by atoms with E-state index in [1.807, 2.05) is 24.4 Å². The SMILES string of the molecule is CCn1cc(-c2ccc(Cl)cc2Cl)nc1Cc1ccc(-c2ccc(Oc3ccc(NS(=O)(=O)CC)c(C(=O)O)c3)cc2)cc1. The molecule has 0 aliphatic heterocycles. The third-order valence-corrected chi connectivity index (χ3v) is 8.85. The van der Waals surface area contributed by atoms with Crippen molar-refractivity contribution in [3.8, 4) is 33.9 Å². The highest BCUT2D eigenvalue weighted by molar-refractivity contribution is 7.92. The molecule has 5 aromatic rings. The van der Waals surface area contributed by atoms with E-state index < -0.39 is 16.0 Å². The van der Waals surface area contributed by atoms with Gasteiger partial charge in [-0.15, -0.1) is 0 Å². The summed E-state index contributed by atoms with van der Waals surface area (Å²) in [5.74, 6) is 0.265. The molecular weight excluding hydrogens is 621 g/mol. The molecule has 0 amide bonds. The molecule has 5 rings (SSSR count). The molecule has 0 radical (unpaired) electrons. The van der Waals surface area contributed by atoms with Crippen molar-refractivity contribution >= 4 is 44.9 Å². The molecule has 0 aliphatic carbocycles. The first kappa shape index (κ1) is 31.1. The lowest BCUT2D eigenvalue weighted by molar-refractivity contribution is 0.0697. The maximum absolute atomic E-state index is 11.9. The third-order valence-electron chi connectivity index (χ3n) is 7.01. The van der Waals surface area contributed by atoms with Crippen LogP contribution in [0.2, 0.25) is 10.0 Å². The number of aromatic carboxylic acids is 1.